The summed E-state index contributed by atoms with van der Waals surface area (Å²) in [7, 11) is 0. The van der Waals surface area contributed by atoms with E-state index in [0.717, 1.165) is 21.8 Å². The highest BCUT2D eigenvalue weighted by molar-refractivity contribution is 8.02. The molecule has 1 unspecified atom stereocenters. The smallest absolute Gasteiger partial charge is 0.176 e. The molecular formula is C17H15NOS2. The van der Waals surface area contributed by atoms with Crippen LogP contribution < -0.4 is 0 Å². The molecule has 1 atom stereocenters. The lowest BCUT2D eigenvalue weighted by atomic mass is 10.1. The van der Waals surface area contributed by atoms with E-state index in [4.69, 9.17) is 0 Å². The van der Waals surface area contributed by atoms with Gasteiger partial charge in [0.15, 0.2) is 10.1 Å². The fourth-order valence-electron chi connectivity index (χ4n) is 2.13. The molecule has 0 aliphatic heterocycles. The number of aromatic nitrogens is 1. The van der Waals surface area contributed by atoms with Gasteiger partial charge in [0.1, 0.15) is 0 Å². The average molecular weight is 313 g/mol. The highest BCUT2D eigenvalue weighted by Crippen LogP contribution is 2.34. The number of Topliss-reactive ketones (excluding diaryl/α,β-unsaturated/α-hetero) is 1. The normalized spacial score (nSPS) is 12.4. The summed E-state index contributed by atoms with van der Waals surface area (Å²) in [5.41, 5.74) is 1.78. The van der Waals surface area contributed by atoms with Crippen LogP contribution in [0.1, 0.15) is 23.7 Å². The molecule has 0 spiro atoms. The molecule has 2 nitrogen and oxygen atoms in total. The molecule has 3 aromatic rings. The van der Waals surface area contributed by atoms with E-state index in [1.165, 1.54) is 4.70 Å². The average Bonchev–Trinajstić information content (AvgIpc) is 2.95. The van der Waals surface area contributed by atoms with Gasteiger partial charge in [-0.3, -0.25) is 4.79 Å². The van der Waals surface area contributed by atoms with E-state index in [9.17, 15) is 4.79 Å². The van der Waals surface area contributed by atoms with Crippen LogP contribution in [0.25, 0.3) is 10.2 Å². The maximum atomic E-state index is 12.6. The van der Waals surface area contributed by atoms with Gasteiger partial charge in [-0.05, 0) is 18.6 Å². The SMILES string of the molecule is CCC(Sc1nc2ccccc2s1)C(=O)c1ccccc1. The van der Waals surface area contributed by atoms with Gasteiger partial charge in [-0.2, -0.15) is 0 Å². The Morgan fingerprint density at radius 3 is 2.57 bits per heavy atom. The topological polar surface area (TPSA) is 30.0 Å². The van der Waals surface area contributed by atoms with Gasteiger partial charge < -0.3 is 0 Å². The molecule has 0 aliphatic rings. The van der Waals surface area contributed by atoms with Crippen LogP contribution in [-0.2, 0) is 0 Å². The van der Waals surface area contributed by atoms with E-state index < -0.39 is 0 Å². The first-order valence-electron chi connectivity index (χ1n) is 6.89. The van der Waals surface area contributed by atoms with Crippen molar-refractivity contribution in [2.75, 3.05) is 0 Å². The zero-order valence-corrected chi connectivity index (χ0v) is 13.3. The number of thioether (sulfide) groups is 1. The van der Waals surface area contributed by atoms with Crippen LogP contribution in [0.5, 0.6) is 0 Å². The van der Waals surface area contributed by atoms with Gasteiger partial charge in [-0.25, -0.2) is 4.98 Å². The summed E-state index contributed by atoms with van der Waals surface area (Å²) in [4.78, 5) is 17.2. The molecule has 1 heterocycles. The number of carbonyl (C=O) groups excluding carboxylic acids is 1. The number of hydrogen-bond donors (Lipinski definition) is 0. The lowest BCUT2D eigenvalue weighted by Crippen LogP contribution is -2.16. The monoisotopic (exact) mass is 313 g/mol. The standard InChI is InChI=1S/C17H15NOS2/c1-2-14(16(19)12-8-4-3-5-9-12)20-17-18-13-10-6-7-11-15(13)21-17/h3-11,14H,2H2,1H3. The number of thiazole rings is 1. The molecule has 0 radical (unpaired) electrons. The molecule has 1 aromatic heterocycles. The van der Waals surface area contributed by atoms with Crippen molar-refractivity contribution in [2.24, 2.45) is 0 Å². The predicted octanol–water partition coefficient (Wildman–Crippen LogP) is 5.05. The summed E-state index contributed by atoms with van der Waals surface area (Å²) in [6, 6.07) is 17.6. The quantitative estimate of drug-likeness (QED) is 0.487. The van der Waals surface area contributed by atoms with E-state index in [2.05, 4.69) is 11.1 Å². The van der Waals surface area contributed by atoms with E-state index in [1.54, 1.807) is 23.1 Å². The molecule has 106 valence electrons. The largest absolute Gasteiger partial charge is 0.293 e. The van der Waals surface area contributed by atoms with Crippen molar-refractivity contribution >= 4 is 39.1 Å². The Balaban J connectivity index is 1.82. The molecule has 0 saturated heterocycles. The maximum Gasteiger partial charge on any atom is 0.176 e. The zero-order chi connectivity index (χ0) is 14.7. The van der Waals surface area contributed by atoms with Crippen molar-refractivity contribution < 1.29 is 4.79 Å². The van der Waals surface area contributed by atoms with Crippen LogP contribution >= 0.6 is 23.1 Å². The molecule has 4 heteroatoms. The number of ketones is 1. The number of rotatable bonds is 5. The minimum absolute atomic E-state index is 0.0760. The molecule has 2 aromatic carbocycles. The van der Waals surface area contributed by atoms with Gasteiger partial charge in [0.05, 0.1) is 15.5 Å². The number of fused-ring (bicyclic) bond motifs is 1. The van der Waals surface area contributed by atoms with Crippen LogP contribution in [0.3, 0.4) is 0 Å². The summed E-state index contributed by atoms with van der Waals surface area (Å²) >= 11 is 3.23. The Hall–Kier alpha value is -1.65. The summed E-state index contributed by atoms with van der Waals surface area (Å²) in [6.07, 6.45) is 0.800. The Morgan fingerprint density at radius 2 is 1.86 bits per heavy atom. The summed E-state index contributed by atoms with van der Waals surface area (Å²) in [5, 5.41) is -0.0760. The molecule has 0 aliphatic carbocycles. The van der Waals surface area contributed by atoms with Crippen LogP contribution in [0.4, 0.5) is 0 Å². The highest BCUT2D eigenvalue weighted by Gasteiger charge is 2.21. The number of nitrogens with zero attached hydrogens (tertiary/aromatic N) is 1. The van der Waals surface area contributed by atoms with Gasteiger partial charge in [0, 0.05) is 5.56 Å². The zero-order valence-electron chi connectivity index (χ0n) is 11.7. The van der Waals surface area contributed by atoms with Gasteiger partial charge >= 0.3 is 0 Å². The first-order chi connectivity index (χ1) is 10.3. The number of hydrogen-bond acceptors (Lipinski definition) is 4. The minimum Gasteiger partial charge on any atom is -0.293 e. The third-order valence-corrected chi connectivity index (χ3v) is 5.73. The predicted molar refractivity (Wildman–Crippen MR) is 90.3 cm³/mol. The Bertz CT molecular complexity index is 719. The third-order valence-electron chi connectivity index (χ3n) is 3.24. The number of benzene rings is 2. The molecule has 21 heavy (non-hydrogen) atoms. The van der Waals surface area contributed by atoms with Crippen molar-refractivity contribution in [1.82, 2.24) is 4.98 Å². The first-order valence-corrected chi connectivity index (χ1v) is 8.59. The summed E-state index contributed by atoms with van der Waals surface area (Å²) in [6.45, 7) is 2.05. The highest BCUT2D eigenvalue weighted by atomic mass is 32.2. The van der Waals surface area contributed by atoms with Crippen LogP contribution in [0.15, 0.2) is 58.9 Å². The summed E-state index contributed by atoms with van der Waals surface area (Å²) < 4.78 is 2.13. The van der Waals surface area contributed by atoms with Gasteiger partial charge in [-0.15, -0.1) is 11.3 Å². The second-order valence-electron chi connectivity index (χ2n) is 4.69. The lowest BCUT2D eigenvalue weighted by Gasteiger charge is -2.11. The van der Waals surface area contributed by atoms with Crippen molar-refractivity contribution in [3.8, 4) is 0 Å². The number of carbonyl (C=O) groups is 1. The molecular weight excluding hydrogens is 298 g/mol. The van der Waals surface area contributed by atoms with Crippen LogP contribution in [-0.4, -0.2) is 16.0 Å². The maximum absolute atomic E-state index is 12.6. The third kappa shape index (κ3) is 3.17. The van der Waals surface area contributed by atoms with Gasteiger partial charge in [-0.1, -0.05) is 61.2 Å². The molecule has 0 amide bonds. The Morgan fingerprint density at radius 1 is 1.14 bits per heavy atom. The van der Waals surface area contributed by atoms with Gasteiger partial charge in [0.25, 0.3) is 0 Å². The van der Waals surface area contributed by atoms with Crippen molar-refractivity contribution in [3.05, 3.63) is 60.2 Å². The minimum atomic E-state index is -0.0760. The first kappa shape index (κ1) is 14.3. The van der Waals surface area contributed by atoms with E-state index in [1.807, 2.05) is 55.5 Å². The summed E-state index contributed by atoms with van der Waals surface area (Å²) in [5.74, 6) is 0.183. The fraction of sp³-hybridized carbons (Fsp3) is 0.176. The van der Waals surface area contributed by atoms with Crippen molar-refractivity contribution in [2.45, 2.75) is 22.9 Å². The molecule has 0 saturated carbocycles. The van der Waals surface area contributed by atoms with E-state index in [0.29, 0.717) is 0 Å². The Labute approximate surface area is 132 Å². The number of para-hydroxylation sites is 1. The Kier molecular flexibility index (Phi) is 4.36. The molecule has 3 rings (SSSR count). The second kappa shape index (κ2) is 6.41. The van der Waals surface area contributed by atoms with Crippen LogP contribution in [0.2, 0.25) is 0 Å². The lowest BCUT2D eigenvalue weighted by molar-refractivity contribution is 0.0988. The molecule has 0 N–H and O–H groups in total. The fourth-order valence-corrected chi connectivity index (χ4v) is 4.45. The van der Waals surface area contributed by atoms with Gasteiger partial charge in [0.2, 0.25) is 0 Å². The molecule has 0 fully saturated rings. The van der Waals surface area contributed by atoms with E-state index in [-0.39, 0.29) is 11.0 Å². The molecule has 0 bridgehead atoms. The van der Waals surface area contributed by atoms with Crippen molar-refractivity contribution in [1.29, 1.82) is 0 Å². The second-order valence-corrected chi connectivity index (χ2v) is 7.17. The van der Waals surface area contributed by atoms with E-state index >= 15 is 0 Å². The van der Waals surface area contributed by atoms with Crippen molar-refractivity contribution in [3.63, 3.8) is 0 Å². The van der Waals surface area contributed by atoms with Crippen LogP contribution in [0, 0.1) is 0 Å².